The third-order valence-electron chi connectivity index (χ3n) is 2.40. The molecule has 1 rings (SSSR count). The van der Waals surface area contributed by atoms with Crippen molar-refractivity contribution in [2.45, 2.75) is 25.7 Å². The van der Waals surface area contributed by atoms with E-state index in [1.54, 1.807) is 18.2 Å². The first-order valence-electron chi connectivity index (χ1n) is 5.37. The summed E-state index contributed by atoms with van der Waals surface area (Å²) in [7, 11) is 3.46. The second-order valence-corrected chi connectivity index (χ2v) is 4.00. The van der Waals surface area contributed by atoms with E-state index in [0.29, 0.717) is 18.8 Å². The van der Waals surface area contributed by atoms with Gasteiger partial charge in [0.1, 0.15) is 5.76 Å². The minimum Gasteiger partial charge on any atom is -0.468 e. The van der Waals surface area contributed by atoms with E-state index in [1.807, 2.05) is 13.1 Å². The number of nitrogens with zero attached hydrogens (tertiary/aromatic N) is 1. The van der Waals surface area contributed by atoms with Gasteiger partial charge >= 0.3 is 6.18 Å². The van der Waals surface area contributed by atoms with Crippen LogP contribution in [0.2, 0.25) is 0 Å². The quantitative estimate of drug-likeness (QED) is 0.840. The summed E-state index contributed by atoms with van der Waals surface area (Å²) in [5.74, 6) is 0.712. The fraction of sp³-hybridized carbons (Fsp3) is 0.636. The summed E-state index contributed by atoms with van der Waals surface area (Å²) < 4.78 is 41.4. The van der Waals surface area contributed by atoms with Crippen molar-refractivity contribution in [2.75, 3.05) is 20.6 Å². The molecule has 3 nitrogen and oxygen atoms in total. The Morgan fingerprint density at radius 1 is 1.41 bits per heavy atom. The Bertz CT molecular complexity index is 336. The van der Waals surface area contributed by atoms with Crippen LogP contribution in [0.4, 0.5) is 13.2 Å². The lowest BCUT2D eigenvalue weighted by Crippen LogP contribution is -2.24. The molecule has 0 saturated carbocycles. The average molecular weight is 250 g/mol. The lowest BCUT2D eigenvalue weighted by Gasteiger charge is -2.17. The zero-order valence-electron chi connectivity index (χ0n) is 9.97. The highest BCUT2D eigenvalue weighted by molar-refractivity contribution is 5.16. The van der Waals surface area contributed by atoms with Crippen LogP contribution in [0.5, 0.6) is 0 Å². The van der Waals surface area contributed by atoms with Gasteiger partial charge in [-0.25, -0.2) is 0 Å². The maximum absolute atomic E-state index is 12.0. The molecule has 17 heavy (non-hydrogen) atoms. The van der Waals surface area contributed by atoms with E-state index in [9.17, 15) is 13.2 Å². The number of alkyl halides is 3. The molecule has 0 aromatic carbocycles. The predicted molar refractivity (Wildman–Crippen MR) is 58.5 cm³/mol. The van der Waals surface area contributed by atoms with Gasteiger partial charge in [0.05, 0.1) is 19.2 Å². The van der Waals surface area contributed by atoms with E-state index in [2.05, 4.69) is 5.32 Å². The van der Waals surface area contributed by atoms with Crippen molar-refractivity contribution in [3.63, 3.8) is 0 Å². The number of hydrogen-bond donors (Lipinski definition) is 1. The molecule has 0 aliphatic heterocycles. The number of halogens is 3. The molecule has 0 fully saturated rings. The van der Waals surface area contributed by atoms with Crippen molar-refractivity contribution in [3.05, 3.63) is 23.7 Å². The van der Waals surface area contributed by atoms with Crippen LogP contribution in [0, 0.1) is 0 Å². The minimum absolute atomic E-state index is 0.0246. The Morgan fingerprint density at radius 2 is 2.12 bits per heavy atom. The third kappa shape index (κ3) is 5.23. The van der Waals surface area contributed by atoms with Gasteiger partial charge in [-0.05, 0) is 20.2 Å². The second kappa shape index (κ2) is 6.07. The summed E-state index contributed by atoms with van der Waals surface area (Å²) in [6, 6.07) is 1.82. The fourth-order valence-corrected chi connectivity index (χ4v) is 1.50. The third-order valence-corrected chi connectivity index (χ3v) is 2.40. The van der Waals surface area contributed by atoms with Crippen LogP contribution in [0.15, 0.2) is 16.7 Å². The zero-order valence-corrected chi connectivity index (χ0v) is 9.97. The van der Waals surface area contributed by atoms with Crippen LogP contribution in [0.1, 0.15) is 17.7 Å². The molecule has 0 aliphatic rings. The molecule has 1 aromatic rings. The molecule has 6 heteroatoms. The van der Waals surface area contributed by atoms with Gasteiger partial charge in [-0.1, -0.05) is 0 Å². The highest BCUT2D eigenvalue weighted by atomic mass is 19.4. The molecule has 0 aliphatic carbocycles. The molecule has 0 bridgehead atoms. The van der Waals surface area contributed by atoms with Gasteiger partial charge in [0, 0.05) is 18.7 Å². The smallest absolute Gasteiger partial charge is 0.390 e. The number of hydrogen-bond acceptors (Lipinski definition) is 3. The van der Waals surface area contributed by atoms with Crippen molar-refractivity contribution >= 4 is 0 Å². The summed E-state index contributed by atoms with van der Waals surface area (Å²) in [4.78, 5) is 1.60. The van der Waals surface area contributed by atoms with Crippen molar-refractivity contribution < 1.29 is 17.6 Å². The largest absolute Gasteiger partial charge is 0.468 e. The first-order valence-corrected chi connectivity index (χ1v) is 5.37. The van der Waals surface area contributed by atoms with Crippen molar-refractivity contribution in [3.8, 4) is 0 Å². The zero-order chi connectivity index (χ0) is 12.9. The maximum atomic E-state index is 12.0. The van der Waals surface area contributed by atoms with Crippen LogP contribution >= 0.6 is 0 Å². The summed E-state index contributed by atoms with van der Waals surface area (Å²) in [5, 5.41) is 2.98. The van der Waals surface area contributed by atoms with E-state index >= 15 is 0 Å². The van der Waals surface area contributed by atoms with Gasteiger partial charge in [-0.2, -0.15) is 13.2 Å². The Morgan fingerprint density at radius 3 is 2.71 bits per heavy atom. The lowest BCUT2D eigenvalue weighted by atomic mass is 10.2. The molecule has 0 radical (unpaired) electrons. The minimum atomic E-state index is -4.11. The van der Waals surface area contributed by atoms with Crippen molar-refractivity contribution in [1.29, 1.82) is 0 Å². The maximum Gasteiger partial charge on any atom is 0.390 e. The fourth-order valence-electron chi connectivity index (χ4n) is 1.50. The Hall–Kier alpha value is -1.01. The topological polar surface area (TPSA) is 28.4 Å². The van der Waals surface area contributed by atoms with Crippen LogP contribution in [-0.2, 0) is 13.1 Å². The second-order valence-electron chi connectivity index (χ2n) is 4.00. The normalized spacial score (nSPS) is 12.4. The van der Waals surface area contributed by atoms with Crippen LogP contribution < -0.4 is 5.32 Å². The number of furan rings is 1. The van der Waals surface area contributed by atoms with Crippen molar-refractivity contribution in [1.82, 2.24) is 10.2 Å². The molecule has 1 heterocycles. The summed E-state index contributed by atoms with van der Waals surface area (Å²) >= 11 is 0. The first kappa shape index (κ1) is 14.1. The van der Waals surface area contributed by atoms with Gasteiger partial charge in [-0.3, -0.25) is 4.90 Å². The van der Waals surface area contributed by atoms with Crippen LogP contribution in [0.25, 0.3) is 0 Å². The monoisotopic (exact) mass is 250 g/mol. The first-order chi connectivity index (χ1) is 7.92. The van der Waals surface area contributed by atoms with Crippen LogP contribution in [-0.4, -0.2) is 31.7 Å². The molecule has 0 spiro atoms. The van der Waals surface area contributed by atoms with E-state index in [-0.39, 0.29) is 6.54 Å². The molecular weight excluding hydrogens is 233 g/mol. The van der Waals surface area contributed by atoms with Crippen LogP contribution in [0.3, 0.4) is 0 Å². The van der Waals surface area contributed by atoms with Crippen molar-refractivity contribution in [2.24, 2.45) is 0 Å². The molecule has 1 N–H and O–H groups in total. The molecule has 98 valence electrons. The predicted octanol–water partition coefficient (Wildman–Crippen LogP) is 2.38. The Kier molecular flexibility index (Phi) is 5.02. The molecule has 0 unspecified atom stereocenters. The lowest BCUT2D eigenvalue weighted by molar-refractivity contribution is -0.137. The SMILES string of the molecule is CNCc1ccoc1CN(C)CCC(F)(F)F. The summed E-state index contributed by atoms with van der Waals surface area (Å²) in [5.41, 5.74) is 0.978. The Labute approximate surface area is 98.6 Å². The standard InChI is InChI=1S/C11H17F3N2O/c1-15-7-9-3-6-17-10(9)8-16(2)5-4-11(12,13)14/h3,6,15H,4-5,7-8H2,1-2H3. The molecule has 0 atom stereocenters. The van der Waals surface area contributed by atoms with Gasteiger partial charge in [0.25, 0.3) is 0 Å². The number of rotatable bonds is 6. The highest BCUT2D eigenvalue weighted by Gasteiger charge is 2.27. The van der Waals surface area contributed by atoms with E-state index in [4.69, 9.17) is 4.42 Å². The highest BCUT2D eigenvalue weighted by Crippen LogP contribution is 2.20. The van der Waals surface area contributed by atoms with Gasteiger partial charge in [-0.15, -0.1) is 0 Å². The molecule has 1 aromatic heterocycles. The van der Waals surface area contributed by atoms with E-state index in [0.717, 1.165) is 5.56 Å². The van der Waals surface area contributed by atoms with E-state index in [1.165, 1.54) is 0 Å². The molecule has 0 amide bonds. The number of nitrogens with one attached hydrogen (secondary N) is 1. The Balaban J connectivity index is 2.44. The molecular formula is C11H17F3N2O. The van der Waals surface area contributed by atoms with E-state index < -0.39 is 12.6 Å². The molecule has 0 saturated heterocycles. The average Bonchev–Trinajstić information content (AvgIpc) is 2.63. The summed E-state index contributed by atoms with van der Waals surface area (Å²) in [6.07, 6.45) is -3.35. The van der Waals surface area contributed by atoms with Gasteiger partial charge in [0.15, 0.2) is 0 Å². The van der Waals surface area contributed by atoms with Gasteiger partial charge < -0.3 is 9.73 Å². The van der Waals surface area contributed by atoms with Gasteiger partial charge in [0.2, 0.25) is 0 Å². The summed E-state index contributed by atoms with van der Waals surface area (Å²) in [6.45, 7) is 1.02.